The first-order valence-electron chi connectivity index (χ1n) is 11.3. The minimum absolute atomic E-state index is 0.0969. The third kappa shape index (κ3) is 4.92. The van der Waals surface area contributed by atoms with Gasteiger partial charge in [0.15, 0.2) is 0 Å². The van der Waals surface area contributed by atoms with Gasteiger partial charge in [0.1, 0.15) is 0 Å². The van der Waals surface area contributed by atoms with Gasteiger partial charge < -0.3 is 10.1 Å². The second-order valence-corrected chi connectivity index (χ2v) is 8.07. The van der Waals surface area contributed by atoms with Gasteiger partial charge in [-0.2, -0.15) is 0 Å². The van der Waals surface area contributed by atoms with Crippen molar-refractivity contribution >= 4 is 16.9 Å². The molecule has 4 aromatic rings. The van der Waals surface area contributed by atoms with Crippen molar-refractivity contribution in [1.82, 2.24) is 20.2 Å². The van der Waals surface area contributed by atoms with E-state index in [1.54, 1.807) is 0 Å². The van der Waals surface area contributed by atoms with Crippen molar-refractivity contribution in [2.24, 2.45) is 0 Å². The molecular weight excluding hydrogens is 412 g/mol. The van der Waals surface area contributed by atoms with E-state index in [1.807, 2.05) is 78.9 Å². The van der Waals surface area contributed by atoms with Gasteiger partial charge in [-0.3, -0.25) is 9.69 Å². The highest BCUT2D eigenvalue weighted by Gasteiger charge is 2.15. The van der Waals surface area contributed by atoms with E-state index in [0.717, 1.165) is 60.9 Å². The lowest BCUT2D eigenvalue weighted by Gasteiger charge is -2.26. The minimum atomic E-state index is -0.0969. The molecule has 0 atom stereocenters. The highest BCUT2D eigenvalue weighted by atomic mass is 16.5. The molecule has 6 nitrogen and oxygen atoms in total. The quantitative estimate of drug-likeness (QED) is 0.492. The first-order valence-corrected chi connectivity index (χ1v) is 11.3. The first-order chi connectivity index (χ1) is 16.3. The minimum Gasteiger partial charge on any atom is -0.379 e. The highest BCUT2D eigenvalue weighted by Crippen LogP contribution is 2.31. The van der Waals surface area contributed by atoms with Crippen LogP contribution in [0.15, 0.2) is 78.9 Å². The smallest absolute Gasteiger partial charge is 0.251 e. The molecule has 1 N–H and O–H groups in total. The summed E-state index contributed by atoms with van der Waals surface area (Å²) in [6.07, 6.45) is 0. The third-order valence-corrected chi connectivity index (χ3v) is 5.84. The second kappa shape index (κ2) is 9.90. The van der Waals surface area contributed by atoms with Gasteiger partial charge in [-0.05, 0) is 18.2 Å². The Labute approximate surface area is 193 Å². The topological polar surface area (TPSA) is 67.4 Å². The van der Waals surface area contributed by atoms with Gasteiger partial charge in [-0.25, -0.2) is 9.97 Å². The summed E-state index contributed by atoms with van der Waals surface area (Å²) in [5, 5.41) is 3.02. The summed E-state index contributed by atoms with van der Waals surface area (Å²) in [5.41, 5.74) is 5.69. The van der Waals surface area contributed by atoms with Crippen LogP contribution in [-0.2, 0) is 4.74 Å². The molecule has 0 aliphatic carbocycles. The zero-order valence-electron chi connectivity index (χ0n) is 18.4. The Morgan fingerprint density at radius 2 is 1.42 bits per heavy atom. The number of ether oxygens (including phenoxy) is 1. The molecule has 2 heterocycles. The number of carbonyl (C=O) groups excluding carboxylic acids is 1. The Kier molecular flexibility index (Phi) is 6.37. The summed E-state index contributed by atoms with van der Waals surface area (Å²) in [7, 11) is 0. The largest absolute Gasteiger partial charge is 0.379 e. The maximum absolute atomic E-state index is 12.8. The van der Waals surface area contributed by atoms with Gasteiger partial charge in [0, 0.05) is 42.9 Å². The summed E-state index contributed by atoms with van der Waals surface area (Å²) in [6, 6.07) is 25.6. The van der Waals surface area contributed by atoms with Crippen LogP contribution in [0.5, 0.6) is 0 Å². The molecule has 1 fully saturated rings. The first kappa shape index (κ1) is 21.2. The van der Waals surface area contributed by atoms with Crippen molar-refractivity contribution in [3.63, 3.8) is 0 Å². The predicted molar refractivity (Wildman–Crippen MR) is 130 cm³/mol. The van der Waals surface area contributed by atoms with Crippen LogP contribution in [0.4, 0.5) is 0 Å². The molecule has 5 rings (SSSR count). The van der Waals surface area contributed by atoms with Gasteiger partial charge >= 0.3 is 0 Å². The summed E-state index contributed by atoms with van der Waals surface area (Å²) in [5.74, 6) is -0.0969. The van der Waals surface area contributed by atoms with E-state index in [-0.39, 0.29) is 5.91 Å². The van der Waals surface area contributed by atoms with E-state index >= 15 is 0 Å². The van der Waals surface area contributed by atoms with Crippen LogP contribution in [0.2, 0.25) is 0 Å². The van der Waals surface area contributed by atoms with Gasteiger partial charge in [0.05, 0.1) is 35.6 Å². The lowest BCUT2D eigenvalue weighted by Crippen LogP contribution is -2.41. The lowest BCUT2D eigenvalue weighted by molar-refractivity contribution is 0.0383. The maximum atomic E-state index is 12.8. The van der Waals surface area contributed by atoms with Gasteiger partial charge in [-0.1, -0.05) is 60.7 Å². The number of hydrogen-bond donors (Lipinski definition) is 1. The van der Waals surface area contributed by atoms with E-state index in [1.165, 1.54) is 0 Å². The van der Waals surface area contributed by atoms with Crippen molar-refractivity contribution < 1.29 is 9.53 Å². The van der Waals surface area contributed by atoms with Gasteiger partial charge in [0.2, 0.25) is 0 Å². The number of aromatic nitrogens is 2. The molecule has 166 valence electrons. The average Bonchev–Trinajstić information content (AvgIpc) is 2.89. The Balaban J connectivity index is 1.43. The molecule has 0 unspecified atom stereocenters. The molecule has 0 spiro atoms. The molecule has 1 saturated heterocycles. The van der Waals surface area contributed by atoms with Crippen LogP contribution in [-0.4, -0.2) is 60.2 Å². The van der Waals surface area contributed by atoms with Crippen LogP contribution in [0.3, 0.4) is 0 Å². The van der Waals surface area contributed by atoms with Crippen molar-refractivity contribution in [3.8, 4) is 22.5 Å². The number of nitrogens with one attached hydrogen (secondary N) is 1. The van der Waals surface area contributed by atoms with Crippen LogP contribution >= 0.6 is 0 Å². The van der Waals surface area contributed by atoms with Crippen LogP contribution < -0.4 is 5.32 Å². The zero-order chi connectivity index (χ0) is 22.5. The Bertz CT molecular complexity index is 1240. The van der Waals surface area contributed by atoms with E-state index in [9.17, 15) is 4.79 Å². The predicted octanol–water partition coefficient (Wildman–Crippen LogP) is 4.03. The number of rotatable bonds is 6. The zero-order valence-corrected chi connectivity index (χ0v) is 18.4. The van der Waals surface area contributed by atoms with Crippen LogP contribution in [0, 0.1) is 0 Å². The van der Waals surface area contributed by atoms with E-state index in [4.69, 9.17) is 14.7 Å². The normalized spacial score (nSPS) is 14.3. The molecule has 0 bridgehead atoms. The number of fused-ring (bicyclic) bond motifs is 1. The van der Waals surface area contributed by atoms with Gasteiger partial charge in [0.25, 0.3) is 5.91 Å². The monoisotopic (exact) mass is 438 g/mol. The summed E-state index contributed by atoms with van der Waals surface area (Å²) in [4.78, 5) is 25.0. The second-order valence-electron chi connectivity index (χ2n) is 8.07. The molecule has 0 radical (unpaired) electrons. The lowest BCUT2D eigenvalue weighted by atomic mass is 10.0. The van der Waals surface area contributed by atoms with E-state index in [2.05, 4.69) is 10.2 Å². The Morgan fingerprint density at radius 1 is 0.818 bits per heavy atom. The summed E-state index contributed by atoms with van der Waals surface area (Å²) < 4.78 is 5.37. The number of morpholine rings is 1. The van der Waals surface area contributed by atoms with Crippen molar-refractivity contribution in [2.45, 2.75) is 0 Å². The SMILES string of the molecule is O=C(NCCN1CCOCC1)c1ccc2nc(-c3ccccc3)c(-c3ccccc3)nc2c1. The van der Waals surface area contributed by atoms with Crippen molar-refractivity contribution in [1.29, 1.82) is 0 Å². The number of hydrogen-bond acceptors (Lipinski definition) is 5. The summed E-state index contributed by atoms with van der Waals surface area (Å²) >= 11 is 0. The van der Waals surface area contributed by atoms with Crippen molar-refractivity contribution in [2.75, 3.05) is 39.4 Å². The highest BCUT2D eigenvalue weighted by molar-refractivity contribution is 5.98. The molecular formula is C27H26N4O2. The maximum Gasteiger partial charge on any atom is 0.251 e. The van der Waals surface area contributed by atoms with E-state index < -0.39 is 0 Å². The summed E-state index contributed by atoms with van der Waals surface area (Å²) in [6.45, 7) is 4.75. The molecule has 1 aliphatic rings. The fraction of sp³-hybridized carbons (Fsp3) is 0.222. The average molecular weight is 439 g/mol. The van der Waals surface area contributed by atoms with Crippen LogP contribution in [0.1, 0.15) is 10.4 Å². The van der Waals surface area contributed by atoms with Crippen LogP contribution in [0.25, 0.3) is 33.5 Å². The molecule has 6 heteroatoms. The number of benzene rings is 3. The molecule has 1 aromatic heterocycles. The number of amides is 1. The van der Waals surface area contributed by atoms with Gasteiger partial charge in [-0.15, -0.1) is 0 Å². The molecule has 0 saturated carbocycles. The molecule has 3 aromatic carbocycles. The Morgan fingerprint density at radius 3 is 2.06 bits per heavy atom. The molecule has 1 aliphatic heterocycles. The number of carbonyl (C=O) groups is 1. The fourth-order valence-corrected chi connectivity index (χ4v) is 4.04. The standard InChI is InChI=1S/C27H26N4O2/c32-27(28-13-14-31-15-17-33-18-16-31)22-11-12-23-24(19-22)30-26(21-9-5-2-6-10-21)25(29-23)20-7-3-1-4-8-20/h1-12,19H,13-18H2,(H,28,32). The fourth-order valence-electron chi connectivity index (χ4n) is 4.04. The molecule has 33 heavy (non-hydrogen) atoms. The number of nitrogens with zero attached hydrogens (tertiary/aromatic N) is 3. The Hall–Kier alpha value is -3.61. The molecule has 1 amide bonds. The van der Waals surface area contributed by atoms with Crippen molar-refractivity contribution in [3.05, 3.63) is 84.4 Å². The van der Waals surface area contributed by atoms with E-state index in [0.29, 0.717) is 17.6 Å². The third-order valence-electron chi connectivity index (χ3n) is 5.84.